The summed E-state index contributed by atoms with van der Waals surface area (Å²) in [5, 5.41) is 7.39. The van der Waals surface area contributed by atoms with Crippen LogP contribution in [0, 0.1) is 0 Å². The van der Waals surface area contributed by atoms with E-state index in [1.54, 1.807) is 11.3 Å². The third-order valence-corrected chi connectivity index (χ3v) is 5.32. The largest absolute Gasteiger partial charge is 0.325 e. The molecule has 4 nitrogen and oxygen atoms in total. The molecule has 0 saturated carbocycles. The van der Waals surface area contributed by atoms with Gasteiger partial charge >= 0.3 is 0 Å². The van der Waals surface area contributed by atoms with Crippen molar-refractivity contribution in [3.05, 3.63) is 44.9 Å². The molecule has 1 amide bonds. The van der Waals surface area contributed by atoms with Crippen molar-refractivity contribution in [2.75, 3.05) is 11.9 Å². The minimum absolute atomic E-state index is 0.0275. The quantitative estimate of drug-likeness (QED) is 0.886. The van der Waals surface area contributed by atoms with E-state index in [0.29, 0.717) is 6.42 Å². The summed E-state index contributed by atoms with van der Waals surface area (Å²) in [7, 11) is 0. The molecule has 0 aliphatic carbocycles. The van der Waals surface area contributed by atoms with Gasteiger partial charge in [-0.15, -0.1) is 11.3 Å². The number of anilines is 1. The Bertz CT molecular complexity index is 663. The Morgan fingerprint density at radius 1 is 1.30 bits per heavy atom. The topological polar surface area (TPSA) is 54.0 Å². The van der Waals surface area contributed by atoms with Crippen LogP contribution in [-0.2, 0) is 37.0 Å². The van der Waals surface area contributed by atoms with Gasteiger partial charge in [0.1, 0.15) is 5.01 Å². The van der Waals surface area contributed by atoms with Crippen LogP contribution in [0.2, 0.25) is 0 Å². The maximum Gasteiger partial charge on any atom is 0.231 e. The van der Waals surface area contributed by atoms with Gasteiger partial charge < -0.3 is 10.6 Å². The molecule has 1 aliphatic heterocycles. The smallest absolute Gasteiger partial charge is 0.231 e. The molecule has 1 aromatic heterocycles. The van der Waals surface area contributed by atoms with Gasteiger partial charge in [0.25, 0.3) is 0 Å². The lowest BCUT2D eigenvalue weighted by Gasteiger charge is -2.14. The van der Waals surface area contributed by atoms with E-state index >= 15 is 0 Å². The Hall–Kier alpha value is -1.72. The second-order valence-electron chi connectivity index (χ2n) is 5.79. The number of hydrogen-bond donors (Lipinski definition) is 2. The van der Waals surface area contributed by atoms with Crippen molar-refractivity contribution in [1.29, 1.82) is 0 Å². The maximum absolute atomic E-state index is 12.5. The molecule has 0 unspecified atom stereocenters. The number of thiazole rings is 1. The van der Waals surface area contributed by atoms with Crippen molar-refractivity contribution in [3.63, 3.8) is 0 Å². The lowest BCUT2D eigenvalue weighted by Crippen LogP contribution is -2.22. The maximum atomic E-state index is 12.5. The Morgan fingerprint density at radius 2 is 2.04 bits per heavy atom. The van der Waals surface area contributed by atoms with Crippen molar-refractivity contribution in [2.24, 2.45) is 0 Å². The molecular formula is C18H23N3OS. The summed E-state index contributed by atoms with van der Waals surface area (Å²) in [5.41, 5.74) is 4.55. The zero-order valence-corrected chi connectivity index (χ0v) is 14.6. The molecular weight excluding hydrogens is 306 g/mol. The summed E-state index contributed by atoms with van der Waals surface area (Å²) in [5.74, 6) is 0.0275. The zero-order chi connectivity index (χ0) is 16.2. The number of benzene rings is 1. The van der Waals surface area contributed by atoms with Crippen molar-refractivity contribution in [2.45, 2.75) is 46.1 Å². The number of para-hydroxylation sites is 1. The second-order valence-corrected chi connectivity index (χ2v) is 6.96. The fraction of sp³-hybridized carbons (Fsp3) is 0.444. The molecule has 0 bridgehead atoms. The number of amides is 1. The Kier molecular flexibility index (Phi) is 5.08. The third-order valence-electron chi connectivity index (χ3n) is 4.22. The summed E-state index contributed by atoms with van der Waals surface area (Å²) in [4.78, 5) is 18.4. The van der Waals surface area contributed by atoms with Crippen molar-refractivity contribution >= 4 is 22.9 Å². The van der Waals surface area contributed by atoms with Gasteiger partial charge in [-0.3, -0.25) is 4.79 Å². The summed E-state index contributed by atoms with van der Waals surface area (Å²) in [6.45, 7) is 6.10. The molecule has 0 atom stereocenters. The summed E-state index contributed by atoms with van der Waals surface area (Å²) >= 11 is 1.66. The molecule has 0 saturated heterocycles. The highest BCUT2D eigenvalue weighted by molar-refractivity contribution is 7.11. The fourth-order valence-corrected chi connectivity index (χ4v) is 4.06. The molecule has 2 N–H and O–H groups in total. The Balaban J connectivity index is 1.73. The van der Waals surface area contributed by atoms with E-state index in [1.165, 1.54) is 21.7 Å². The van der Waals surface area contributed by atoms with E-state index in [-0.39, 0.29) is 5.91 Å². The van der Waals surface area contributed by atoms with E-state index in [9.17, 15) is 4.79 Å². The second kappa shape index (κ2) is 7.23. The first kappa shape index (κ1) is 16.1. The number of carbonyl (C=O) groups is 1. The number of aryl methyl sites for hydroxylation is 2. The first-order valence-electron chi connectivity index (χ1n) is 8.30. The van der Waals surface area contributed by atoms with Crippen LogP contribution in [0.5, 0.6) is 0 Å². The molecule has 1 aromatic carbocycles. The number of aromatic nitrogens is 1. The highest BCUT2D eigenvalue weighted by Crippen LogP contribution is 2.24. The minimum atomic E-state index is 0.0275. The highest BCUT2D eigenvalue weighted by atomic mass is 32.1. The number of nitrogens with zero attached hydrogens (tertiary/aromatic N) is 1. The molecule has 2 aromatic rings. The normalized spacial score (nSPS) is 13.7. The Labute approximate surface area is 141 Å². The van der Waals surface area contributed by atoms with Crippen LogP contribution in [0.15, 0.2) is 18.2 Å². The summed E-state index contributed by atoms with van der Waals surface area (Å²) in [6, 6.07) is 6.24. The molecule has 5 heteroatoms. The van der Waals surface area contributed by atoms with Gasteiger partial charge in [0.15, 0.2) is 0 Å². The molecule has 23 heavy (non-hydrogen) atoms. The van der Waals surface area contributed by atoms with E-state index in [4.69, 9.17) is 0 Å². The van der Waals surface area contributed by atoms with E-state index in [2.05, 4.69) is 47.7 Å². The average Bonchev–Trinajstić information content (AvgIpc) is 2.96. The van der Waals surface area contributed by atoms with Crippen LogP contribution in [0.3, 0.4) is 0 Å². The highest BCUT2D eigenvalue weighted by Gasteiger charge is 2.17. The average molecular weight is 329 g/mol. The van der Waals surface area contributed by atoms with E-state index in [0.717, 1.165) is 43.0 Å². The van der Waals surface area contributed by atoms with Gasteiger partial charge in [-0.1, -0.05) is 32.0 Å². The minimum Gasteiger partial charge on any atom is -0.325 e. The predicted molar refractivity (Wildman–Crippen MR) is 95.1 cm³/mol. The molecule has 3 rings (SSSR count). The molecule has 2 heterocycles. The van der Waals surface area contributed by atoms with Crippen LogP contribution in [0.1, 0.15) is 40.6 Å². The van der Waals surface area contributed by atoms with Crippen LogP contribution in [-0.4, -0.2) is 17.4 Å². The fourth-order valence-electron chi connectivity index (χ4n) is 2.98. The van der Waals surface area contributed by atoms with Crippen LogP contribution in [0.4, 0.5) is 5.69 Å². The van der Waals surface area contributed by atoms with E-state index in [1.807, 2.05) is 0 Å². The van der Waals surface area contributed by atoms with Gasteiger partial charge in [-0.25, -0.2) is 4.98 Å². The first-order valence-corrected chi connectivity index (χ1v) is 9.11. The zero-order valence-electron chi connectivity index (χ0n) is 13.7. The first-order chi connectivity index (χ1) is 11.2. The van der Waals surface area contributed by atoms with Gasteiger partial charge in [-0.05, 0) is 24.0 Å². The number of nitrogens with one attached hydrogen (secondary N) is 2. The van der Waals surface area contributed by atoms with E-state index < -0.39 is 0 Å². The lowest BCUT2D eigenvalue weighted by molar-refractivity contribution is -0.115. The van der Waals surface area contributed by atoms with Crippen LogP contribution in [0.25, 0.3) is 0 Å². The van der Waals surface area contributed by atoms with Gasteiger partial charge in [0.2, 0.25) is 5.91 Å². The number of hydrogen-bond acceptors (Lipinski definition) is 4. The monoisotopic (exact) mass is 329 g/mol. The Morgan fingerprint density at radius 3 is 2.70 bits per heavy atom. The third kappa shape index (κ3) is 3.62. The van der Waals surface area contributed by atoms with Crippen LogP contribution < -0.4 is 10.6 Å². The summed E-state index contributed by atoms with van der Waals surface area (Å²) < 4.78 is 0. The molecule has 122 valence electrons. The number of fused-ring (bicyclic) bond motifs is 1. The van der Waals surface area contributed by atoms with Crippen molar-refractivity contribution < 1.29 is 4.79 Å². The molecule has 0 fully saturated rings. The lowest BCUT2D eigenvalue weighted by atomic mass is 10.0. The standard InChI is InChI=1S/C18H23N3OS/c1-3-12-6-5-7-13(4-2)18(12)21-16(22)10-17-20-14-8-9-19-11-15(14)23-17/h5-7,19H,3-4,8-11H2,1-2H3,(H,21,22). The molecule has 1 aliphatic rings. The van der Waals surface area contributed by atoms with Gasteiger partial charge in [0, 0.05) is 30.1 Å². The van der Waals surface area contributed by atoms with Crippen molar-refractivity contribution in [3.8, 4) is 0 Å². The van der Waals surface area contributed by atoms with Gasteiger partial charge in [-0.2, -0.15) is 0 Å². The predicted octanol–water partition coefficient (Wildman–Crippen LogP) is 3.09. The molecule has 0 spiro atoms. The van der Waals surface area contributed by atoms with Crippen molar-refractivity contribution in [1.82, 2.24) is 10.3 Å². The summed E-state index contributed by atoms with van der Waals surface area (Å²) in [6.07, 6.45) is 3.16. The van der Waals surface area contributed by atoms with Crippen LogP contribution >= 0.6 is 11.3 Å². The number of carbonyl (C=O) groups excluding carboxylic acids is 1. The van der Waals surface area contributed by atoms with Gasteiger partial charge in [0.05, 0.1) is 12.1 Å². The molecule has 0 radical (unpaired) electrons. The number of rotatable bonds is 5. The SMILES string of the molecule is CCc1cccc(CC)c1NC(=O)Cc1nc2c(s1)CNCC2.